The van der Waals surface area contributed by atoms with Crippen molar-refractivity contribution in [1.29, 1.82) is 0 Å². The molecule has 1 amide bonds. The van der Waals surface area contributed by atoms with Crippen LogP contribution in [0.5, 0.6) is 0 Å². The lowest BCUT2D eigenvalue weighted by molar-refractivity contribution is -0.187. The highest BCUT2D eigenvalue weighted by molar-refractivity contribution is 5.86. The fourth-order valence-electron chi connectivity index (χ4n) is 2.06. The van der Waals surface area contributed by atoms with E-state index >= 15 is 0 Å². The molecular weight excluding hydrogens is 233 g/mol. The second kappa shape index (κ2) is 4.84. The van der Waals surface area contributed by atoms with E-state index in [4.69, 9.17) is 5.73 Å². The Balaban J connectivity index is 2.49. The van der Waals surface area contributed by atoms with Crippen molar-refractivity contribution in [3.63, 3.8) is 0 Å². The summed E-state index contributed by atoms with van der Waals surface area (Å²) in [6, 6.07) is 0. The molecule has 3 atom stereocenters. The summed E-state index contributed by atoms with van der Waals surface area (Å²) in [6.45, 7) is 3.03. The molecule has 3 nitrogen and oxygen atoms in total. The van der Waals surface area contributed by atoms with Crippen LogP contribution in [0.1, 0.15) is 33.1 Å². The number of nitrogens with two attached hydrogens (primary N) is 1. The van der Waals surface area contributed by atoms with Gasteiger partial charge in [0.1, 0.15) is 0 Å². The van der Waals surface area contributed by atoms with Gasteiger partial charge in [-0.15, -0.1) is 0 Å². The summed E-state index contributed by atoms with van der Waals surface area (Å²) in [5, 5.41) is 2.32. The molecule has 100 valence electrons. The second-order valence-corrected chi connectivity index (χ2v) is 5.08. The van der Waals surface area contributed by atoms with Gasteiger partial charge in [-0.2, -0.15) is 13.2 Å². The Labute approximate surface area is 98.9 Å². The highest BCUT2D eigenvalue weighted by atomic mass is 19.4. The van der Waals surface area contributed by atoms with Gasteiger partial charge in [-0.05, 0) is 25.2 Å². The van der Waals surface area contributed by atoms with Gasteiger partial charge in [-0.3, -0.25) is 4.79 Å². The van der Waals surface area contributed by atoms with E-state index in [9.17, 15) is 18.0 Å². The summed E-state index contributed by atoms with van der Waals surface area (Å²) in [7, 11) is 0. The summed E-state index contributed by atoms with van der Waals surface area (Å²) in [5.74, 6) is -0.433. The molecule has 17 heavy (non-hydrogen) atoms. The average molecular weight is 252 g/mol. The number of carbonyl (C=O) groups excluding carboxylic acids is 1. The van der Waals surface area contributed by atoms with E-state index in [-0.39, 0.29) is 12.5 Å². The van der Waals surface area contributed by atoms with E-state index in [1.54, 1.807) is 0 Å². The third kappa shape index (κ3) is 3.12. The molecule has 0 aromatic heterocycles. The van der Waals surface area contributed by atoms with Gasteiger partial charge in [0.25, 0.3) is 0 Å². The summed E-state index contributed by atoms with van der Waals surface area (Å²) in [6.07, 6.45) is -1.63. The van der Waals surface area contributed by atoms with E-state index in [0.29, 0.717) is 12.8 Å². The number of carbonyl (C=O) groups is 1. The van der Waals surface area contributed by atoms with Crippen molar-refractivity contribution in [2.75, 3.05) is 6.54 Å². The quantitative estimate of drug-likeness (QED) is 0.805. The zero-order valence-electron chi connectivity index (χ0n) is 10.1. The van der Waals surface area contributed by atoms with Crippen molar-refractivity contribution in [2.45, 2.75) is 44.8 Å². The number of halogens is 3. The molecular formula is C11H19F3N2O. The summed E-state index contributed by atoms with van der Waals surface area (Å²) in [5.41, 5.74) is 2.21. The number of alkyl halides is 3. The van der Waals surface area contributed by atoms with Crippen LogP contribution in [0, 0.1) is 11.8 Å². The van der Waals surface area contributed by atoms with Crippen molar-refractivity contribution in [3.8, 4) is 0 Å². The van der Waals surface area contributed by atoms with Crippen LogP contribution in [0.2, 0.25) is 0 Å². The van der Waals surface area contributed by atoms with E-state index in [1.165, 1.54) is 0 Å². The van der Waals surface area contributed by atoms with Gasteiger partial charge in [0, 0.05) is 6.54 Å². The Morgan fingerprint density at radius 1 is 1.41 bits per heavy atom. The zero-order chi connectivity index (χ0) is 13.3. The van der Waals surface area contributed by atoms with E-state index in [1.807, 2.05) is 0 Å². The molecule has 0 bridgehead atoms. The lowest BCUT2D eigenvalue weighted by Crippen LogP contribution is -2.61. The van der Waals surface area contributed by atoms with Gasteiger partial charge in [0.05, 0.1) is 0 Å². The third-order valence-electron chi connectivity index (χ3n) is 3.62. The molecule has 0 spiro atoms. The van der Waals surface area contributed by atoms with Crippen molar-refractivity contribution in [3.05, 3.63) is 0 Å². The molecule has 1 rings (SSSR count). The molecule has 0 aliphatic heterocycles. The van der Waals surface area contributed by atoms with Crippen molar-refractivity contribution in [1.82, 2.24) is 5.32 Å². The SMILES string of the molecule is CC1CCCC1CNC(=O)C(C)(N)C(F)(F)F. The van der Waals surface area contributed by atoms with Crippen LogP contribution in [0.4, 0.5) is 13.2 Å². The predicted octanol–water partition coefficient (Wildman–Crippen LogP) is 1.82. The monoisotopic (exact) mass is 252 g/mol. The minimum absolute atomic E-state index is 0.267. The number of nitrogens with one attached hydrogen (secondary N) is 1. The number of hydrogen-bond donors (Lipinski definition) is 2. The Bertz CT molecular complexity index is 289. The van der Waals surface area contributed by atoms with Crippen LogP contribution in [-0.2, 0) is 4.79 Å². The topological polar surface area (TPSA) is 55.1 Å². The summed E-state index contributed by atoms with van der Waals surface area (Å²) < 4.78 is 37.4. The zero-order valence-corrected chi connectivity index (χ0v) is 10.1. The molecule has 1 aliphatic rings. The Hall–Kier alpha value is -0.780. The second-order valence-electron chi connectivity index (χ2n) is 5.08. The van der Waals surface area contributed by atoms with E-state index in [2.05, 4.69) is 12.2 Å². The van der Waals surface area contributed by atoms with Crippen LogP contribution in [0.15, 0.2) is 0 Å². The summed E-state index contributed by atoms with van der Waals surface area (Å²) in [4.78, 5) is 11.4. The first kappa shape index (κ1) is 14.3. The molecule has 0 aromatic rings. The van der Waals surface area contributed by atoms with Crippen LogP contribution >= 0.6 is 0 Å². The lowest BCUT2D eigenvalue weighted by Gasteiger charge is -2.27. The minimum Gasteiger partial charge on any atom is -0.354 e. The number of rotatable bonds is 3. The molecule has 0 radical (unpaired) electrons. The maximum absolute atomic E-state index is 12.5. The highest BCUT2D eigenvalue weighted by Gasteiger charge is 2.53. The van der Waals surface area contributed by atoms with E-state index < -0.39 is 17.6 Å². The third-order valence-corrected chi connectivity index (χ3v) is 3.62. The predicted molar refractivity (Wildman–Crippen MR) is 58.2 cm³/mol. The molecule has 6 heteroatoms. The van der Waals surface area contributed by atoms with Crippen LogP contribution in [0.3, 0.4) is 0 Å². The normalized spacial score (nSPS) is 28.8. The van der Waals surface area contributed by atoms with Gasteiger partial charge in [-0.25, -0.2) is 0 Å². The van der Waals surface area contributed by atoms with E-state index in [0.717, 1.165) is 19.3 Å². The molecule has 0 aromatic carbocycles. The smallest absolute Gasteiger partial charge is 0.354 e. The largest absolute Gasteiger partial charge is 0.415 e. The number of amides is 1. The minimum atomic E-state index is -4.72. The average Bonchev–Trinajstić information content (AvgIpc) is 2.58. The maximum Gasteiger partial charge on any atom is 0.415 e. The van der Waals surface area contributed by atoms with Crippen molar-refractivity contribution >= 4 is 5.91 Å². The molecule has 1 aliphatic carbocycles. The molecule has 0 saturated heterocycles. The molecule has 3 unspecified atom stereocenters. The van der Waals surface area contributed by atoms with Gasteiger partial charge in [-0.1, -0.05) is 19.8 Å². The first-order valence-electron chi connectivity index (χ1n) is 5.80. The fourth-order valence-corrected chi connectivity index (χ4v) is 2.06. The van der Waals surface area contributed by atoms with Crippen LogP contribution in [-0.4, -0.2) is 24.2 Å². The fraction of sp³-hybridized carbons (Fsp3) is 0.909. The van der Waals surface area contributed by atoms with Crippen LogP contribution in [0.25, 0.3) is 0 Å². The standard InChI is InChI=1S/C11H19F3N2O/c1-7-4-3-5-8(7)6-16-9(17)10(2,15)11(12,13)14/h7-8H,3-6,15H2,1-2H3,(H,16,17). The molecule has 3 N–H and O–H groups in total. The van der Waals surface area contributed by atoms with Crippen LogP contribution < -0.4 is 11.1 Å². The Kier molecular flexibility index (Phi) is 4.06. The molecule has 1 saturated carbocycles. The Morgan fingerprint density at radius 2 is 2.00 bits per heavy atom. The molecule has 1 fully saturated rings. The van der Waals surface area contributed by atoms with Gasteiger partial charge in [0.15, 0.2) is 5.54 Å². The first-order chi connectivity index (χ1) is 7.66. The number of hydrogen-bond acceptors (Lipinski definition) is 2. The molecule has 0 heterocycles. The Morgan fingerprint density at radius 3 is 2.41 bits per heavy atom. The van der Waals surface area contributed by atoms with Gasteiger partial charge >= 0.3 is 6.18 Å². The maximum atomic E-state index is 12.5. The highest BCUT2D eigenvalue weighted by Crippen LogP contribution is 2.31. The van der Waals surface area contributed by atoms with Crippen molar-refractivity contribution < 1.29 is 18.0 Å². The van der Waals surface area contributed by atoms with Crippen molar-refractivity contribution in [2.24, 2.45) is 17.6 Å². The van der Waals surface area contributed by atoms with Gasteiger partial charge < -0.3 is 11.1 Å². The lowest BCUT2D eigenvalue weighted by atomic mass is 9.97. The first-order valence-corrected chi connectivity index (χ1v) is 5.80. The van der Waals surface area contributed by atoms with Gasteiger partial charge in [0.2, 0.25) is 5.91 Å². The summed E-state index contributed by atoms with van der Waals surface area (Å²) >= 11 is 0.